The van der Waals surface area contributed by atoms with Gasteiger partial charge >= 0.3 is 0 Å². The van der Waals surface area contributed by atoms with E-state index in [9.17, 15) is 25.5 Å². The minimum Gasteiger partial charge on any atom is -0.504 e. The Morgan fingerprint density at radius 2 is 1.76 bits per heavy atom. The van der Waals surface area contributed by atoms with E-state index in [1.807, 2.05) is 26.0 Å². The number of ether oxygens (including phenoxy) is 3. The molecule has 2 aliphatic rings. The van der Waals surface area contributed by atoms with Gasteiger partial charge in [-0.25, -0.2) is 0 Å². The molecule has 8 nitrogen and oxygen atoms in total. The number of rotatable bonds is 3. The Hall–Kier alpha value is -2.10. The molecule has 2 aromatic rings. The first-order valence-electron chi connectivity index (χ1n) is 9.66. The smallest absolute Gasteiger partial charge is 0.229 e. The van der Waals surface area contributed by atoms with Crippen LogP contribution in [0.2, 0.25) is 0 Å². The molecule has 0 aliphatic carbocycles. The molecule has 5 atom stereocenters. The van der Waals surface area contributed by atoms with Crippen LogP contribution in [0, 0.1) is 0 Å². The summed E-state index contributed by atoms with van der Waals surface area (Å²) in [6, 6.07) is 7.24. The van der Waals surface area contributed by atoms with Crippen LogP contribution < -0.4 is 9.47 Å². The summed E-state index contributed by atoms with van der Waals surface area (Å²) in [4.78, 5) is 0. The van der Waals surface area contributed by atoms with E-state index in [2.05, 4.69) is 0 Å². The standard InChI is InChI=1S/C21H26O8/c1-21(2)8-7-12-14(23)19(11-6-4-3-5-10(11)18(12)29-21)28-20-17(26)16(25)15(24)13(9-22)27-20/h3-6,13,15-17,20,22-26H,7-9H2,1-2H3/t13-,15?,16+,17-,20-/m1/s1. The number of phenolic OH excluding ortho intramolecular Hbond substituents is 1. The molecule has 1 fully saturated rings. The predicted octanol–water partition coefficient (Wildman–Crippen LogP) is 0.828. The SMILES string of the molecule is CC1(C)CCc2c(O)c(O[C@H]3O[C@H](CO)C(O)[C@H](O)[C@H]3O)c3ccccc3c2O1. The summed E-state index contributed by atoms with van der Waals surface area (Å²) >= 11 is 0. The summed E-state index contributed by atoms with van der Waals surface area (Å²) in [5.41, 5.74) is 0.226. The van der Waals surface area contributed by atoms with Crippen molar-refractivity contribution in [3.05, 3.63) is 29.8 Å². The fourth-order valence-corrected chi connectivity index (χ4v) is 3.92. The topological polar surface area (TPSA) is 129 Å². The lowest BCUT2D eigenvalue weighted by Gasteiger charge is -2.40. The number of fused-ring (bicyclic) bond motifs is 3. The molecule has 0 bridgehead atoms. The zero-order valence-electron chi connectivity index (χ0n) is 16.3. The predicted molar refractivity (Wildman–Crippen MR) is 103 cm³/mol. The van der Waals surface area contributed by atoms with E-state index in [-0.39, 0.29) is 17.1 Å². The van der Waals surface area contributed by atoms with Crippen LogP contribution in [0.1, 0.15) is 25.8 Å². The van der Waals surface area contributed by atoms with Gasteiger partial charge in [0.1, 0.15) is 35.8 Å². The van der Waals surface area contributed by atoms with Crippen molar-refractivity contribution in [2.24, 2.45) is 0 Å². The largest absolute Gasteiger partial charge is 0.504 e. The minimum atomic E-state index is -1.57. The van der Waals surface area contributed by atoms with Crippen LogP contribution in [0.25, 0.3) is 10.8 Å². The lowest BCUT2D eigenvalue weighted by atomic mass is 9.91. The van der Waals surface area contributed by atoms with Gasteiger partial charge in [0.2, 0.25) is 6.29 Å². The van der Waals surface area contributed by atoms with Crippen molar-refractivity contribution in [3.8, 4) is 17.2 Å². The highest BCUT2D eigenvalue weighted by atomic mass is 16.7. The molecule has 29 heavy (non-hydrogen) atoms. The molecule has 0 radical (unpaired) electrons. The highest BCUT2D eigenvalue weighted by Crippen LogP contribution is 2.50. The van der Waals surface area contributed by atoms with Crippen molar-refractivity contribution in [1.82, 2.24) is 0 Å². The summed E-state index contributed by atoms with van der Waals surface area (Å²) in [5, 5.41) is 51.9. The highest BCUT2D eigenvalue weighted by molar-refractivity contribution is 5.97. The number of aliphatic hydroxyl groups excluding tert-OH is 4. The maximum atomic E-state index is 11.0. The van der Waals surface area contributed by atoms with Crippen LogP contribution >= 0.6 is 0 Å². The maximum Gasteiger partial charge on any atom is 0.229 e. The normalized spacial score (nSPS) is 31.2. The Morgan fingerprint density at radius 1 is 1.07 bits per heavy atom. The van der Waals surface area contributed by atoms with Crippen molar-refractivity contribution in [2.45, 2.75) is 63.0 Å². The Balaban J connectivity index is 1.78. The first kappa shape index (κ1) is 20.2. The number of benzene rings is 2. The van der Waals surface area contributed by atoms with Crippen molar-refractivity contribution in [3.63, 3.8) is 0 Å². The van der Waals surface area contributed by atoms with Crippen LogP contribution in [-0.2, 0) is 11.2 Å². The van der Waals surface area contributed by atoms with Crippen LogP contribution in [-0.4, -0.2) is 68.4 Å². The van der Waals surface area contributed by atoms with Gasteiger partial charge in [-0.05, 0) is 26.7 Å². The Morgan fingerprint density at radius 3 is 2.45 bits per heavy atom. The van der Waals surface area contributed by atoms with E-state index in [0.717, 1.165) is 5.39 Å². The molecule has 0 amide bonds. The van der Waals surface area contributed by atoms with Crippen molar-refractivity contribution < 1.29 is 39.7 Å². The highest BCUT2D eigenvalue weighted by Gasteiger charge is 2.45. The van der Waals surface area contributed by atoms with Gasteiger partial charge in [0, 0.05) is 16.3 Å². The molecule has 8 heteroatoms. The van der Waals surface area contributed by atoms with E-state index in [1.165, 1.54) is 0 Å². The van der Waals surface area contributed by atoms with E-state index < -0.39 is 37.3 Å². The molecule has 0 aromatic heterocycles. The first-order valence-corrected chi connectivity index (χ1v) is 9.66. The minimum absolute atomic E-state index is 0.0898. The second-order valence-electron chi connectivity index (χ2n) is 8.21. The number of hydrogen-bond donors (Lipinski definition) is 5. The monoisotopic (exact) mass is 406 g/mol. The molecule has 1 unspecified atom stereocenters. The quantitative estimate of drug-likeness (QED) is 0.507. The van der Waals surface area contributed by atoms with Gasteiger partial charge in [-0.3, -0.25) is 0 Å². The van der Waals surface area contributed by atoms with E-state index in [1.54, 1.807) is 12.1 Å². The van der Waals surface area contributed by atoms with Gasteiger partial charge in [-0.15, -0.1) is 0 Å². The van der Waals surface area contributed by atoms with E-state index >= 15 is 0 Å². The summed E-state index contributed by atoms with van der Waals surface area (Å²) in [6.07, 6.45) is -5.85. The van der Waals surface area contributed by atoms with Crippen molar-refractivity contribution in [2.75, 3.05) is 6.61 Å². The second-order valence-corrected chi connectivity index (χ2v) is 8.21. The molecule has 1 saturated heterocycles. The fraction of sp³-hybridized carbons (Fsp3) is 0.524. The van der Waals surface area contributed by atoms with Gasteiger partial charge in [0.25, 0.3) is 0 Å². The van der Waals surface area contributed by atoms with Crippen molar-refractivity contribution >= 4 is 10.8 Å². The molecule has 4 rings (SSSR count). The van der Waals surface area contributed by atoms with Gasteiger partial charge in [0.05, 0.1) is 6.61 Å². The Labute approximate surface area is 167 Å². The zero-order valence-corrected chi connectivity index (χ0v) is 16.3. The summed E-state index contributed by atoms with van der Waals surface area (Å²) in [5.74, 6) is 0.564. The Kier molecular flexibility index (Phi) is 5.08. The van der Waals surface area contributed by atoms with E-state index in [0.29, 0.717) is 29.5 Å². The average Bonchev–Trinajstić information content (AvgIpc) is 2.70. The molecular formula is C21H26O8. The molecule has 2 heterocycles. The van der Waals surface area contributed by atoms with Crippen LogP contribution in [0.3, 0.4) is 0 Å². The number of hydrogen-bond acceptors (Lipinski definition) is 8. The maximum absolute atomic E-state index is 11.0. The third-order valence-electron chi connectivity index (χ3n) is 5.63. The first-order chi connectivity index (χ1) is 13.7. The number of phenols is 1. The molecule has 2 aromatic carbocycles. The zero-order chi connectivity index (χ0) is 20.9. The fourth-order valence-electron chi connectivity index (χ4n) is 3.92. The van der Waals surface area contributed by atoms with Crippen LogP contribution in [0.5, 0.6) is 17.2 Å². The van der Waals surface area contributed by atoms with Gasteiger partial charge in [-0.1, -0.05) is 24.3 Å². The van der Waals surface area contributed by atoms with Gasteiger partial charge in [0.15, 0.2) is 11.5 Å². The van der Waals surface area contributed by atoms with Crippen molar-refractivity contribution in [1.29, 1.82) is 0 Å². The van der Waals surface area contributed by atoms with E-state index in [4.69, 9.17) is 14.2 Å². The molecule has 5 N–H and O–H groups in total. The molecular weight excluding hydrogens is 380 g/mol. The molecule has 2 aliphatic heterocycles. The third kappa shape index (κ3) is 3.41. The number of aromatic hydroxyl groups is 1. The van der Waals surface area contributed by atoms with Crippen LogP contribution in [0.4, 0.5) is 0 Å². The lowest BCUT2D eigenvalue weighted by Crippen LogP contribution is -2.60. The summed E-state index contributed by atoms with van der Waals surface area (Å²) < 4.78 is 17.4. The third-order valence-corrected chi connectivity index (χ3v) is 5.63. The van der Waals surface area contributed by atoms with Gasteiger partial charge < -0.3 is 39.7 Å². The molecule has 158 valence electrons. The molecule has 0 spiro atoms. The summed E-state index contributed by atoms with van der Waals surface area (Å²) in [6.45, 7) is 3.41. The number of aliphatic hydroxyl groups is 4. The lowest BCUT2D eigenvalue weighted by molar-refractivity contribution is -0.277. The molecule has 0 saturated carbocycles. The van der Waals surface area contributed by atoms with Crippen LogP contribution in [0.15, 0.2) is 24.3 Å². The average molecular weight is 406 g/mol. The Bertz CT molecular complexity index is 909. The van der Waals surface area contributed by atoms with Gasteiger partial charge in [-0.2, -0.15) is 0 Å². The summed E-state index contributed by atoms with van der Waals surface area (Å²) in [7, 11) is 0. The second kappa shape index (κ2) is 7.30.